The number of pyridine rings is 1. The number of fused-ring (bicyclic) bond motifs is 1. The van der Waals surface area contributed by atoms with Gasteiger partial charge in [0.05, 0.1) is 5.52 Å². The van der Waals surface area contributed by atoms with Gasteiger partial charge >= 0.3 is 0 Å². The number of hydrogen-bond acceptors (Lipinski definition) is 2. The highest BCUT2D eigenvalue weighted by Gasteiger charge is 2.06. The zero-order valence-corrected chi connectivity index (χ0v) is 9.73. The first-order valence-electron chi connectivity index (χ1n) is 5.42. The van der Waals surface area contributed by atoms with Crippen LogP contribution in [0.5, 0.6) is 0 Å². The lowest BCUT2D eigenvalue weighted by atomic mass is 10.1. The molecule has 0 aromatic carbocycles. The van der Waals surface area contributed by atoms with E-state index in [4.69, 9.17) is 0 Å². The molecular weight excluding hydrogens is 186 g/mol. The highest BCUT2D eigenvalue weighted by Crippen LogP contribution is 2.18. The minimum atomic E-state index is 0.403. The second-order valence-corrected chi connectivity index (χ2v) is 4.53. The lowest BCUT2D eigenvalue weighted by molar-refractivity contribution is 0.537. The fourth-order valence-electron chi connectivity index (χ4n) is 1.53. The summed E-state index contributed by atoms with van der Waals surface area (Å²) in [5.41, 5.74) is 2.15. The first kappa shape index (κ1) is 10.1. The van der Waals surface area contributed by atoms with Gasteiger partial charge in [-0.05, 0) is 25.8 Å². The summed E-state index contributed by atoms with van der Waals surface area (Å²) < 4.78 is 1.98. The molecule has 2 rings (SSSR count). The van der Waals surface area contributed by atoms with E-state index in [9.17, 15) is 0 Å². The van der Waals surface area contributed by atoms with Crippen molar-refractivity contribution >= 4 is 10.9 Å². The molecule has 2 aromatic rings. The van der Waals surface area contributed by atoms with Gasteiger partial charge in [0.2, 0.25) is 0 Å². The number of aromatic nitrogens is 3. The van der Waals surface area contributed by atoms with Crippen LogP contribution in [0.1, 0.15) is 45.3 Å². The van der Waals surface area contributed by atoms with E-state index in [1.165, 1.54) is 0 Å². The van der Waals surface area contributed by atoms with Crippen molar-refractivity contribution in [2.45, 2.75) is 39.7 Å². The SMILES string of the molecule is CC(C)c1cc2nn(C(C)C)cc2cn1. The van der Waals surface area contributed by atoms with Crippen molar-refractivity contribution < 1.29 is 0 Å². The molecule has 2 aromatic heterocycles. The molecule has 0 unspecified atom stereocenters. The van der Waals surface area contributed by atoms with Crippen LogP contribution in [-0.2, 0) is 0 Å². The van der Waals surface area contributed by atoms with Crippen molar-refractivity contribution in [3.8, 4) is 0 Å². The van der Waals surface area contributed by atoms with E-state index in [-0.39, 0.29) is 0 Å². The van der Waals surface area contributed by atoms with Gasteiger partial charge in [-0.2, -0.15) is 5.10 Å². The van der Waals surface area contributed by atoms with E-state index in [2.05, 4.69) is 50.0 Å². The molecule has 0 atom stereocenters. The first-order chi connectivity index (χ1) is 7.08. The Balaban J connectivity index is 2.52. The second kappa shape index (κ2) is 3.65. The summed E-state index contributed by atoms with van der Waals surface area (Å²) >= 11 is 0. The van der Waals surface area contributed by atoms with E-state index in [1.807, 2.05) is 10.9 Å². The van der Waals surface area contributed by atoms with E-state index < -0.39 is 0 Å². The molecular formula is C12H17N3. The lowest BCUT2D eigenvalue weighted by Crippen LogP contribution is -1.99. The van der Waals surface area contributed by atoms with Crippen LogP contribution in [0.2, 0.25) is 0 Å². The average Bonchev–Trinajstić information content (AvgIpc) is 2.59. The zero-order valence-electron chi connectivity index (χ0n) is 9.73. The topological polar surface area (TPSA) is 30.7 Å². The molecule has 0 bridgehead atoms. The maximum Gasteiger partial charge on any atom is 0.0957 e. The Morgan fingerprint density at radius 2 is 1.93 bits per heavy atom. The fraction of sp³-hybridized carbons (Fsp3) is 0.500. The Labute approximate surface area is 90.1 Å². The third-order valence-electron chi connectivity index (χ3n) is 2.55. The molecule has 0 aliphatic heterocycles. The molecule has 0 aliphatic carbocycles. The quantitative estimate of drug-likeness (QED) is 0.750. The summed E-state index contributed by atoms with van der Waals surface area (Å²) in [4.78, 5) is 4.43. The van der Waals surface area contributed by atoms with Gasteiger partial charge in [-0.25, -0.2) is 0 Å². The second-order valence-electron chi connectivity index (χ2n) is 4.53. The van der Waals surface area contributed by atoms with Crippen LogP contribution in [0.15, 0.2) is 18.5 Å². The van der Waals surface area contributed by atoms with Gasteiger partial charge in [-0.15, -0.1) is 0 Å². The summed E-state index contributed by atoms with van der Waals surface area (Å²) in [5.74, 6) is 0.457. The van der Waals surface area contributed by atoms with E-state index in [1.54, 1.807) is 0 Å². The molecule has 0 saturated carbocycles. The molecule has 80 valence electrons. The van der Waals surface area contributed by atoms with Crippen LogP contribution >= 0.6 is 0 Å². The molecule has 0 amide bonds. The predicted octanol–water partition coefficient (Wildman–Crippen LogP) is 3.14. The first-order valence-corrected chi connectivity index (χ1v) is 5.42. The van der Waals surface area contributed by atoms with Crippen molar-refractivity contribution in [1.29, 1.82) is 0 Å². The summed E-state index contributed by atoms with van der Waals surface area (Å²) in [6.45, 7) is 8.55. The van der Waals surface area contributed by atoms with Crippen LogP contribution in [0.3, 0.4) is 0 Å². The van der Waals surface area contributed by atoms with Gasteiger partial charge in [0.15, 0.2) is 0 Å². The molecule has 0 radical (unpaired) electrons. The van der Waals surface area contributed by atoms with Crippen molar-refractivity contribution in [3.63, 3.8) is 0 Å². The van der Waals surface area contributed by atoms with Crippen molar-refractivity contribution in [2.75, 3.05) is 0 Å². The molecule has 0 N–H and O–H groups in total. The van der Waals surface area contributed by atoms with Crippen molar-refractivity contribution in [3.05, 3.63) is 24.2 Å². The number of hydrogen-bond donors (Lipinski definition) is 0. The van der Waals surface area contributed by atoms with E-state index >= 15 is 0 Å². The molecule has 0 aliphatic rings. The maximum absolute atomic E-state index is 4.53. The minimum Gasteiger partial charge on any atom is -0.269 e. The number of rotatable bonds is 2. The highest BCUT2D eigenvalue weighted by atomic mass is 15.3. The smallest absolute Gasteiger partial charge is 0.0957 e. The van der Waals surface area contributed by atoms with Gasteiger partial charge in [0.25, 0.3) is 0 Å². The Morgan fingerprint density at radius 1 is 1.20 bits per heavy atom. The van der Waals surface area contributed by atoms with Crippen molar-refractivity contribution in [2.24, 2.45) is 0 Å². The molecule has 3 heteroatoms. The lowest BCUT2D eigenvalue weighted by Gasteiger charge is -2.02. The van der Waals surface area contributed by atoms with Crippen LogP contribution in [0, 0.1) is 0 Å². The Kier molecular flexibility index (Phi) is 2.47. The molecule has 0 fully saturated rings. The largest absolute Gasteiger partial charge is 0.269 e. The van der Waals surface area contributed by atoms with Gasteiger partial charge in [-0.1, -0.05) is 13.8 Å². The van der Waals surface area contributed by atoms with Crippen LogP contribution in [0.4, 0.5) is 0 Å². The third kappa shape index (κ3) is 1.87. The zero-order chi connectivity index (χ0) is 11.0. The van der Waals surface area contributed by atoms with Gasteiger partial charge in [0.1, 0.15) is 0 Å². The summed E-state index contributed by atoms with van der Waals surface area (Å²) in [7, 11) is 0. The summed E-state index contributed by atoms with van der Waals surface area (Å²) in [6.07, 6.45) is 3.97. The van der Waals surface area contributed by atoms with Crippen LogP contribution < -0.4 is 0 Å². The molecule has 15 heavy (non-hydrogen) atoms. The van der Waals surface area contributed by atoms with Gasteiger partial charge in [-0.3, -0.25) is 9.67 Å². The number of nitrogens with zero attached hydrogens (tertiary/aromatic N) is 3. The standard InChI is InChI=1S/C12H17N3/c1-8(2)11-5-12-10(6-13-11)7-15(14-12)9(3)4/h5-9H,1-4H3. The molecule has 0 spiro atoms. The fourth-order valence-corrected chi connectivity index (χ4v) is 1.53. The normalized spacial score (nSPS) is 11.9. The maximum atomic E-state index is 4.53. The summed E-state index contributed by atoms with van der Waals surface area (Å²) in [5, 5.41) is 5.65. The molecule has 0 saturated heterocycles. The van der Waals surface area contributed by atoms with Crippen LogP contribution in [0.25, 0.3) is 10.9 Å². The Morgan fingerprint density at radius 3 is 2.53 bits per heavy atom. The van der Waals surface area contributed by atoms with Gasteiger partial charge in [0, 0.05) is 29.5 Å². The predicted molar refractivity (Wildman–Crippen MR) is 62.0 cm³/mol. The van der Waals surface area contributed by atoms with E-state index in [0.717, 1.165) is 16.6 Å². The average molecular weight is 203 g/mol. The summed E-state index contributed by atoms with van der Waals surface area (Å²) in [6, 6.07) is 2.48. The van der Waals surface area contributed by atoms with E-state index in [0.29, 0.717) is 12.0 Å². The van der Waals surface area contributed by atoms with Gasteiger partial charge < -0.3 is 0 Å². The molecule has 2 heterocycles. The van der Waals surface area contributed by atoms with Crippen molar-refractivity contribution in [1.82, 2.24) is 14.8 Å². The monoisotopic (exact) mass is 203 g/mol. The third-order valence-corrected chi connectivity index (χ3v) is 2.55. The molecule has 3 nitrogen and oxygen atoms in total. The highest BCUT2D eigenvalue weighted by molar-refractivity contribution is 5.77. The Bertz CT molecular complexity index is 463. The Hall–Kier alpha value is -1.38. The minimum absolute atomic E-state index is 0.403. The van der Waals surface area contributed by atoms with Crippen LogP contribution in [-0.4, -0.2) is 14.8 Å².